The van der Waals surface area contributed by atoms with Gasteiger partial charge >= 0.3 is 0 Å². The Hall–Kier alpha value is -4.54. The Balaban J connectivity index is 1.67. The summed E-state index contributed by atoms with van der Waals surface area (Å²) in [4.78, 5) is 55.5. The lowest BCUT2D eigenvalue weighted by molar-refractivity contribution is 0.0932. The average Bonchev–Trinajstić information content (AvgIpc) is 3.39. The lowest BCUT2D eigenvalue weighted by Crippen LogP contribution is -2.25. The van der Waals surface area contributed by atoms with Gasteiger partial charge in [-0.25, -0.2) is 0 Å². The van der Waals surface area contributed by atoms with E-state index in [1.165, 1.54) is 21.2 Å². The minimum Gasteiger partial charge on any atom is -0.496 e. The standard InChI is InChI=1S/C27H34N6O5/c1-13-15(3)22(32-20(13)24(34)28-5)26(36)30-11-17-8-9-18(19(10-17)38-7)12-31-27(37)23-16(4)14(2)21(33-23)25(35)29-6/h8-10,32-33H,11-12H2,1-7H3,(H,28,34)(H,29,35)(H,30,36)(H,31,37). The van der Waals surface area contributed by atoms with Crippen molar-refractivity contribution in [2.75, 3.05) is 21.2 Å². The van der Waals surface area contributed by atoms with Crippen LogP contribution in [0, 0.1) is 27.7 Å². The minimum atomic E-state index is -0.341. The highest BCUT2D eigenvalue weighted by Crippen LogP contribution is 2.22. The predicted octanol–water partition coefficient (Wildman–Crippen LogP) is 2.16. The van der Waals surface area contributed by atoms with E-state index in [1.54, 1.807) is 33.8 Å². The van der Waals surface area contributed by atoms with Crippen LogP contribution in [0.5, 0.6) is 5.75 Å². The molecule has 38 heavy (non-hydrogen) atoms. The van der Waals surface area contributed by atoms with Crippen LogP contribution in [-0.2, 0) is 13.1 Å². The van der Waals surface area contributed by atoms with Crippen LogP contribution in [0.15, 0.2) is 18.2 Å². The van der Waals surface area contributed by atoms with Crippen LogP contribution in [0.2, 0.25) is 0 Å². The van der Waals surface area contributed by atoms with E-state index < -0.39 is 0 Å². The van der Waals surface area contributed by atoms with Crippen molar-refractivity contribution in [3.05, 3.63) is 74.4 Å². The summed E-state index contributed by atoms with van der Waals surface area (Å²) in [7, 11) is 4.60. The molecule has 1 aromatic carbocycles. The van der Waals surface area contributed by atoms with E-state index in [-0.39, 0.29) is 36.7 Å². The number of aromatic amines is 2. The number of carbonyl (C=O) groups excluding carboxylic acids is 4. The monoisotopic (exact) mass is 522 g/mol. The molecule has 4 amide bonds. The van der Waals surface area contributed by atoms with Gasteiger partial charge in [-0.1, -0.05) is 12.1 Å². The third-order valence-corrected chi connectivity index (χ3v) is 6.73. The molecular weight excluding hydrogens is 488 g/mol. The first-order chi connectivity index (χ1) is 18.0. The second-order valence-electron chi connectivity index (χ2n) is 8.92. The van der Waals surface area contributed by atoms with Gasteiger partial charge in [-0.3, -0.25) is 19.2 Å². The van der Waals surface area contributed by atoms with Gasteiger partial charge in [0.25, 0.3) is 23.6 Å². The molecule has 0 aliphatic rings. The molecule has 0 spiro atoms. The fraction of sp³-hybridized carbons (Fsp3) is 0.333. The molecule has 0 atom stereocenters. The van der Waals surface area contributed by atoms with Gasteiger partial charge in [-0.2, -0.15) is 0 Å². The van der Waals surface area contributed by atoms with E-state index in [4.69, 9.17) is 4.74 Å². The third kappa shape index (κ3) is 5.56. The fourth-order valence-electron chi connectivity index (χ4n) is 4.11. The first-order valence-corrected chi connectivity index (χ1v) is 12.1. The van der Waals surface area contributed by atoms with Gasteiger partial charge in [0.15, 0.2) is 0 Å². The van der Waals surface area contributed by atoms with Crippen LogP contribution < -0.4 is 26.0 Å². The van der Waals surface area contributed by atoms with Crippen LogP contribution >= 0.6 is 0 Å². The summed E-state index contributed by atoms with van der Waals surface area (Å²) < 4.78 is 5.51. The molecule has 2 aromatic heterocycles. The van der Waals surface area contributed by atoms with Gasteiger partial charge in [0, 0.05) is 32.7 Å². The van der Waals surface area contributed by atoms with Crippen molar-refractivity contribution in [3.8, 4) is 5.75 Å². The summed E-state index contributed by atoms with van der Waals surface area (Å²) in [5.74, 6) is -0.694. The first kappa shape index (κ1) is 28.0. The lowest BCUT2D eigenvalue weighted by atomic mass is 10.1. The van der Waals surface area contributed by atoms with E-state index in [0.717, 1.165) is 16.7 Å². The Labute approximate surface area is 221 Å². The molecule has 2 heterocycles. The minimum absolute atomic E-state index is 0.199. The highest BCUT2D eigenvalue weighted by atomic mass is 16.5. The molecule has 3 rings (SSSR count). The molecule has 0 aliphatic carbocycles. The normalized spacial score (nSPS) is 10.6. The zero-order valence-electron chi connectivity index (χ0n) is 22.7. The molecule has 6 N–H and O–H groups in total. The van der Waals surface area contributed by atoms with E-state index in [2.05, 4.69) is 31.2 Å². The Kier molecular flexibility index (Phi) is 8.61. The van der Waals surface area contributed by atoms with Crippen molar-refractivity contribution in [1.82, 2.24) is 31.2 Å². The Morgan fingerprint density at radius 1 is 0.684 bits per heavy atom. The van der Waals surface area contributed by atoms with Gasteiger partial charge in [0.05, 0.1) is 7.11 Å². The molecule has 0 unspecified atom stereocenters. The molecule has 3 aromatic rings. The van der Waals surface area contributed by atoms with Gasteiger partial charge in [-0.05, 0) is 61.6 Å². The largest absolute Gasteiger partial charge is 0.496 e. The van der Waals surface area contributed by atoms with Crippen molar-refractivity contribution in [3.63, 3.8) is 0 Å². The third-order valence-electron chi connectivity index (χ3n) is 6.73. The molecule has 11 heteroatoms. The summed E-state index contributed by atoms with van der Waals surface area (Å²) >= 11 is 0. The van der Waals surface area contributed by atoms with Crippen LogP contribution in [0.3, 0.4) is 0 Å². The number of hydrogen-bond donors (Lipinski definition) is 6. The van der Waals surface area contributed by atoms with E-state index >= 15 is 0 Å². The first-order valence-electron chi connectivity index (χ1n) is 12.1. The second kappa shape index (κ2) is 11.7. The molecule has 0 radical (unpaired) electrons. The number of aromatic nitrogens is 2. The van der Waals surface area contributed by atoms with E-state index in [1.807, 2.05) is 12.1 Å². The lowest BCUT2D eigenvalue weighted by Gasteiger charge is -2.12. The van der Waals surface area contributed by atoms with Crippen molar-refractivity contribution < 1.29 is 23.9 Å². The van der Waals surface area contributed by atoms with Gasteiger partial charge in [-0.15, -0.1) is 0 Å². The number of amides is 4. The van der Waals surface area contributed by atoms with Crippen molar-refractivity contribution >= 4 is 23.6 Å². The van der Waals surface area contributed by atoms with Gasteiger partial charge in [0.2, 0.25) is 0 Å². The molecule has 0 saturated heterocycles. The van der Waals surface area contributed by atoms with E-state index in [0.29, 0.717) is 45.2 Å². The maximum absolute atomic E-state index is 12.8. The smallest absolute Gasteiger partial charge is 0.268 e. The SMILES string of the molecule is CNC(=O)c1[nH]c(C(=O)NCc2ccc(CNC(=O)c3[nH]c(C(=O)NC)c(C)c3C)c(OC)c2)c(C)c1C. The highest BCUT2D eigenvalue weighted by Gasteiger charge is 2.21. The second-order valence-corrected chi connectivity index (χ2v) is 8.92. The zero-order chi connectivity index (χ0) is 28.1. The number of benzene rings is 1. The molecule has 11 nitrogen and oxygen atoms in total. The van der Waals surface area contributed by atoms with Crippen molar-refractivity contribution in [2.24, 2.45) is 0 Å². The maximum atomic E-state index is 12.8. The topological polar surface area (TPSA) is 157 Å². The number of H-pyrrole nitrogens is 2. The predicted molar refractivity (Wildman–Crippen MR) is 143 cm³/mol. The maximum Gasteiger partial charge on any atom is 0.268 e. The van der Waals surface area contributed by atoms with Crippen molar-refractivity contribution in [2.45, 2.75) is 40.8 Å². The molecule has 0 saturated carbocycles. The number of methoxy groups -OCH3 is 1. The molecule has 0 bridgehead atoms. The summed E-state index contributed by atoms with van der Waals surface area (Å²) in [6.07, 6.45) is 0. The quantitative estimate of drug-likeness (QED) is 0.254. The Morgan fingerprint density at radius 2 is 1.11 bits per heavy atom. The molecule has 0 aliphatic heterocycles. The van der Waals surface area contributed by atoms with Crippen LogP contribution in [0.25, 0.3) is 0 Å². The zero-order valence-corrected chi connectivity index (χ0v) is 22.7. The average molecular weight is 523 g/mol. The summed E-state index contributed by atoms with van der Waals surface area (Å²) in [5, 5.41) is 10.8. The van der Waals surface area contributed by atoms with Crippen LogP contribution in [-0.4, -0.2) is 54.8 Å². The fourth-order valence-corrected chi connectivity index (χ4v) is 4.11. The number of carbonyl (C=O) groups is 4. The van der Waals surface area contributed by atoms with Crippen molar-refractivity contribution in [1.29, 1.82) is 0 Å². The Bertz CT molecular complexity index is 1400. The number of ether oxygens (including phenoxy) is 1. The number of rotatable bonds is 9. The van der Waals surface area contributed by atoms with Gasteiger partial charge in [0.1, 0.15) is 28.5 Å². The molecular formula is C27H34N6O5. The number of hydrogen-bond acceptors (Lipinski definition) is 5. The van der Waals surface area contributed by atoms with Crippen LogP contribution in [0.1, 0.15) is 75.3 Å². The summed E-state index contributed by atoms with van der Waals surface area (Å²) in [6, 6.07) is 5.44. The van der Waals surface area contributed by atoms with E-state index in [9.17, 15) is 19.2 Å². The molecule has 202 valence electrons. The van der Waals surface area contributed by atoms with Gasteiger partial charge < -0.3 is 36.0 Å². The number of nitrogens with one attached hydrogen (secondary N) is 6. The Morgan fingerprint density at radius 3 is 1.53 bits per heavy atom. The van der Waals surface area contributed by atoms with Crippen LogP contribution in [0.4, 0.5) is 0 Å². The summed E-state index contributed by atoms with van der Waals surface area (Å²) in [6.45, 7) is 7.57. The summed E-state index contributed by atoms with van der Waals surface area (Å²) in [5.41, 5.74) is 5.76. The molecule has 0 fully saturated rings. The highest BCUT2D eigenvalue weighted by molar-refractivity contribution is 6.00.